The lowest BCUT2D eigenvalue weighted by Crippen LogP contribution is -2.01. The molecule has 0 bridgehead atoms. The third-order valence-corrected chi connectivity index (χ3v) is 2.92. The highest BCUT2D eigenvalue weighted by atomic mass is 19.3. The van der Waals surface area contributed by atoms with Gasteiger partial charge >= 0.3 is 6.61 Å². The van der Waals surface area contributed by atoms with Crippen molar-refractivity contribution in [2.24, 2.45) is 5.16 Å². The van der Waals surface area contributed by atoms with Crippen molar-refractivity contribution in [1.82, 2.24) is 5.16 Å². The zero-order chi connectivity index (χ0) is 16.8. The van der Waals surface area contributed by atoms with E-state index in [4.69, 9.17) is 13.8 Å². The molecule has 124 valence electrons. The van der Waals surface area contributed by atoms with Gasteiger partial charge in [0.15, 0.2) is 12.4 Å². The Morgan fingerprint density at radius 3 is 2.71 bits per heavy atom. The molecule has 0 saturated heterocycles. The predicted octanol–water partition coefficient (Wildman–Crippen LogP) is 4.09. The Balaban J connectivity index is 1.50. The molecule has 0 N–H and O–H groups in total. The van der Waals surface area contributed by atoms with Crippen molar-refractivity contribution in [2.75, 3.05) is 0 Å². The van der Waals surface area contributed by atoms with E-state index in [2.05, 4.69) is 15.0 Å². The molecular formula is C16H12F2N2O4. The van der Waals surface area contributed by atoms with Gasteiger partial charge in [-0.3, -0.25) is 0 Å². The molecule has 0 amide bonds. The molecule has 0 unspecified atom stereocenters. The molecule has 1 aromatic carbocycles. The SMILES string of the molecule is FC(F)Oc1ccc(/C=N/OCc2cc(-c3ccco3)on2)cc1. The summed E-state index contributed by atoms with van der Waals surface area (Å²) in [6.07, 6.45) is 2.98. The Morgan fingerprint density at radius 2 is 2.00 bits per heavy atom. The second-order valence-corrected chi connectivity index (χ2v) is 4.62. The van der Waals surface area contributed by atoms with Crippen molar-refractivity contribution in [3.63, 3.8) is 0 Å². The largest absolute Gasteiger partial charge is 0.461 e. The van der Waals surface area contributed by atoms with E-state index in [1.807, 2.05) is 0 Å². The van der Waals surface area contributed by atoms with E-state index in [0.717, 1.165) is 0 Å². The Labute approximate surface area is 135 Å². The molecule has 0 aliphatic carbocycles. The molecule has 0 atom stereocenters. The third kappa shape index (κ3) is 4.19. The number of alkyl halides is 2. The molecular weight excluding hydrogens is 322 g/mol. The monoisotopic (exact) mass is 334 g/mol. The smallest absolute Gasteiger partial charge is 0.387 e. The van der Waals surface area contributed by atoms with Crippen LogP contribution in [0.2, 0.25) is 0 Å². The van der Waals surface area contributed by atoms with Crippen molar-refractivity contribution >= 4 is 6.21 Å². The van der Waals surface area contributed by atoms with Crippen LogP contribution >= 0.6 is 0 Å². The van der Waals surface area contributed by atoms with E-state index in [1.54, 1.807) is 30.3 Å². The molecule has 0 spiro atoms. The van der Waals surface area contributed by atoms with Crippen LogP contribution in [0, 0.1) is 0 Å². The first kappa shape index (κ1) is 15.7. The van der Waals surface area contributed by atoms with Crippen molar-refractivity contribution < 1.29 is 27.3 Å². The topological polar surface area (TPSA) is 70.0 Å². The highest BCUT2D eigenvalue weighted by molar-refractivity contribution is 5.79. The van der Waals surface area contributed by atoms with Crippen LogP contribution < -0.4 is 4.74 Å². The van der Waals surface area contributed by atoms with Gasteiger partial charge in [-0.25, -0.2) is 0 Å². The minimum absolute atomic E-state index is 0.0797. The fourth-order valence-corrected chi connectivity index (χ4v) is 1.85. The highest BCUT2D eigenvalue weighted by Crippen LogP contribution is 2.20. The normalized spacial score (nSPS) is 11.3. The van der Waals surface area contributed by atoms with Crippen LogP contribution in [0.5, 0.6) is 5.75 Å². The van der Waals surface area contributed by atoms with Crippen LogP contribution in [-0.2, 0) is 11.4 Å². The number of nitrogens with zero attached hydrogens (tertiary/aromatic N) is 2. The Morgan fingerprint density at radius 1 is 1.17 bits per heavy atom. The number of aromatic nitrogens is 1. The second-order valence-electron chi connectivity index (χ2n) is 4.62. The molecule has 2 heterocycles. The van der Waals surface area contributed by atoms with Gasteiger partial charge in [0, 0.05) is 6.07 Å². The zero-order valence-corrected chi connectivity index (χ0v) is 12.3. The summed E-state index contributed by atoms with van der Waals surface area (Å²) in [6.45, 7) is -2.73. The maximum Gasteiger partial charge on any atom is 0.387 e. The molecule has 0 aliphatic rings. The van der Waals surface area contributed by atoms with E-state index in [9.17, 15) is 8.78 Å². The lowest BCUT2D eigenvalue weighted by atomic mass is 10.2. The Kier molecular flexibility index (Phi) is 4.85. The van der Waals surface area contributed by atoms with E-state index in [0.29, 0.717) is 22.8 Å². The Bertz CT molecular complexity index is 783. The lowest BCUT2D eigenvalue weighted by molar-refractivity contribution is -0.0498. The first-order chi connectivity index (χ1) is 11.7. The standard InChI is InChI=1S/C16H12F2N2O4/c17-16(18)23-13-5-3-11(4-6-13)9-19-22-10-12-8-15(24-20-12)14-2-1-7-21-14/h1-9,16H,10H2/b19-9+. The number of oxime groups is 1. The molecule has 2 aromatic heterocycles. The molecule has 3 aromatic rings. The minimum atomic E-state index is -2.85. The van der Waals surface area contributed by atoms with Gasteiger partial charge in [-0.1, -0.05) is 10.3 Å². The molecule has 24 heavy (non-hydrogen) atoms. The van der Waals surface area contributed by atoms with Crippen LogP contribution in [0.1, 0.15) is 11.3 Å². The first-order valence-electron chi connectivity index (χ1n) is 6.90. The molecule has 0 saturated carbocycles. The fraction of sp³-hybridized carbons (Fsp3) is 0.125. The predicted molar refractivity (Wildman–Crippen MR) is 79.7 cm³/mol. The van der Waals surface area contributed by atoms with Crippen molar-refractivity contribution in [2.45, 2.75) is 13.2 Å². The highest BCUT2D eigenvalue weighted by Gasteiger charge is 2.09. The first-order valence-corrected chi connectivity index (χ1v) is 6.90. The summed E-state index contributed by atoms with van der Waals surface area (Å²) in [5.41, 5.74) is 1.23. The molecule has 0 aliphatic heterocycles. The number of hydrogen-bond donors (Lipinski definition) is 0. The number of furan rings is 1. The number of hydrogen-bond acceptors (Lipinski definition) is 6. The molecule has 3 rings (SSSR count). The Hall–Kier alpha value is -3.16. The van der Waals surface area contributed by atoms with Gasteiger partial charge in [0.25, 0.3) is 0 Å². The number of benzene rings is 1. The average molecular weight is 334 g/mol. The van der Waals surface area contributed by atoms with E-state index in [1.165, 1.54) is 24.6 Å². The van der Waals surface area contributed by atoms with Gasteiger partial charge in [-0.15, -0.1) is 0 Å². The third-order valence-electron chi connectivity index (χ3n) is 2.92. The average Bonchev–Trinajstić information content (AvgIpc) is 3.24. The second kappa shape index (κ2) is 7.40. The van der Waals surface area contributed by atoms with Crippen molar-refractivity contribution in [1.29, 1.82) is 0 Å². The molecule has 0 fully saturated rings. The zero-order valence-electron chi connectivity index (χ0n) is 12.3. The van der Waals surface area contributed by atoms with Crippen molar-refractivity contribution in [3.8, 4) is 17.3 Å². The summed E-state index contributed by atoms with van der Waals surface area (Å²) in [5, 5.41) is 7.61. The fourth-order valence-electron chi connectivity index (χ4n) is 1.85. The van der Waals surface area contributed by atoms with Crippen LogP contribution in [0.25, 0.3) is 11.5 Å². The number of ether oxygens (including phenoxy) is 1. The molecule has 6 nitrogen and oxygen atoms in total. The summed E-state index contributed by atoms with van der Waals surface area (Å²) in [5.74, 6) is 1.15. The summed E-state index contributed by atoms with van der Waals surface area (Å²) < 4.78 is 38.6. The van der Waals surface area contributed by atoms with Crippen molar-refractivity contribution in [3.05, 3.63) is 60.0 Å². The maximum atomic E-state index is 12.0. The summed E-state index contributed by atoms with van der Waals surface area (Å²) in [4.78, 5) is 5.11. The van der Waals surface area contributed by atoms with Gasteiger partial charge in [0.2, 0.25) is 5.76 Å². The van der Waals surface area contributed by atoms with Crippen LogP contribution in [0.3, 0.4) is 0 Å². The maximum absolute atomic E-state index is 12.0. The van der Waals surface area contributed by atoms with Crippen LogP contribution in [0.4, 0.5) is 8.78 Å². The number of halogens is 2. The lowest BCUT2D eigenvalue weighted by Gasteiger charge is -2.03. The van der Waals surface area contributed by atoms with Gasteiger partial charge in [-0.05, 0) is 42.0 Å². The van der Waals surface area contributed by atoms with E-state index in [-0.39, 0.29) is 12.4 Å². The van der Waals surface area contributed by atoms with Crippen LogP contribution in [0.15, 0.2) is 62.8 Å². The summed E-state index contributed by atoms with van der Waals surface area (Å²) >= 11 is 0. The van der Waals surface area contributed by atoms with Gasteiger partial charge < -0.3 is 18.5 Å². The van der Waals surface area contributed by atoms with E-state index >= 15 is 0 Å². The van der Waals surface area contributed by atoms with Gasteiger partial charge in [-0.2, -0.15) is 8.78 Å². The van der Waals surface area contributed by atoms with Crippen LogP contribution in [-0.4, -0.2) is 18.0 Å². The van der Waals surface area contributed by atoms with Gasteiger partial charge in [0.1, 0.15) is 11.4 Å². The minimum Gasteiger partial charge on any atom is -0.461 e. The molecule has 8 heteroatoms. The summed E-state index contributed by atoms with van der Waals surface area (Å²) in [6, 6.07) is 11.2. The summed E-state index contributed by atoms with van der Waals surface area (Å²) in [7, 11) is 0. The van der Waals surface area contributed by atoms with Gasteiger partial charge in [0.05, 0.1) is 12.5 Å². The van der Waals surface area contributed by atoms with E-state index < -0.39 is 6.61 Å². The quantitative estimate of drug-likeness (QED) is 0.481. The number of rotatable bonds is 7. The molecule has 0 radical (unpaired) electrons.